The van der Waals surface area contributed by atoms with Crippen molar-refractivity contribution in [2.45, 2.75) is 0 Å². The van der Waals surface area contributed by atoms with Crippen LogP contribution in [0.1, 0.15) is 0 Å². The summed E-state index contributed by atoms with van der Waals surface area (Å²) in [6.45, 7) is 1.37. The number of methoxy groups -OCH3 is 1. The highest BCUT2D eigenvalue weighted by Crippen LogP contribution is 2.31. The van der Waals surface area contributed by atoms with Gasteiger partial charge in [0, 0.05) is 6.07 Å². The minimum atomic E-state index is -0.105. The van der Waals surface area contributed by atoms with E-state index in [1.807, 2.05) is 48.5 Å². The van der Waals surface area contributed by atoms with Crippen molar-refractivity contribution < 1.29 is 19.2 Å². The maximum Gasteiger partial charge on any atom is 0.266 e. The number of nitrogens with one attached hydrogen (secondary N) is 1. The van der Waals surface area contributed by atoms with E-state index in [9.17, 15) is 4.79 Å². The maximum atomic E-state index is 12.9. The van der Waals surface area contributed by atoms with Gasteiger partial charge in [-0.3, -0.25) is 9.69 Å². The first-order chi connectivity index (χ1) is 13.1. The number of carbonyl (C=O) groups excluding carboxylic acids is 1. The molecule has 1 N–H and O–H groups in total. The Labute approximate surface area is 162 Å². The molecule has 0 saturated carbocycles. The number of ether oxygens (including phenoxy) is 2. The van der Waals surface area contributed by atoms with Crippen LogP contribution in [0.25, 0.3) is 10.2 Å². The monoisotopic (exact) mass is 386 g/mol. The number of likely N-dealkylation sites (N-methyl/N-ethyl adjacent to an activating group) is 1. The van der Waals surface area contributed by atoms with Gasteiger partial charge in [0.15, 0.2) is 11.7 Å². The van der Waals surface area contributed by atoms with Crippen molar-refractivity contribution in [1.82, 2.24) is 4.98 Å². The van der Waals surface area contributed by atoms with E-state index in [4.69, 9.17) is 9.47 Å². The number of carbonyl (C=O) groups is 1. The predicted octanol–water partition coefficient (Wildman–Crippen LogP) is 1.86. The number of hydrogen-bond acceptors (Lipinski definition) is 5. The third-order valence-electron chi connectivity index (χ3n) is 4.06. The molecule has 0 spiro atoms. The van der Waals surface area contributed by atoms with Gasteiger partial charge in [-0.2, -0.15) is 0 Å². The average Bonchev–Trinajstić information content (AvgIpc) is 3.09. The average molecular weight is 386 g/mol. The molecule has 7 heteroatoms. The fourth-order valence-corrected chi connectivity index (χ4v) is 3.53. The van der Waals surface area contributed by atoms with E-state index in [0.717, 1.165) is 22.5 Å². The van der Waals surface area contributed by atoms with E-state index < -0.39 is 0 Å². The Bertz CT molecular complexity index is 896. The summed E-state index contributed by atoms with van der Waals surface area (Å²) < 4.78 is 11.9. The van der Waals surface area contributed by atoms with E-state index in [-0.39, 0.29) is 12.5 Å². The minimum absolute atomic E-state index is 0.0218. The summed E-state index contributed by atoms with van der Waals surface area (Å²) in [5.41, 5.74) is 0.827. The van der Waals surface area contributed by atoms with Crippen molar-refractivity contribution in [3.05, 3.63) is 48.5 Å². The van der Waals surface area contributed by atoms with Crippen LogP contribution >= 0.6 is 11.3 Å². The number of benzene rings is 2. The lowest BCUT2D eigenvalue weighted by Crippen LogP contribution is -3.06. The topological polar surface area (TPSA) is 56.1 Å². The van der Waals surface area contributed by atoms with E-state index >= 15 is 0 Å². The van der Waals surface area contributed by atoms with E-state index in [1.165, 1.54) is 16.2 Å². The number of amides is 1. The number of anilines is 1. The van der Waals surface area contributed by atoms with E-state index in [1.54, 1.807) is 12.0 Å². The number of hydrogen-bond donors (Lipinski definition) is 1. The molecule has 0 radical (unpaired) electrons. The molecule has 1 amide bonds. The zero-order valence-corrected chi connectivity index (χ0v) is 16.6. The van der Waals surface area contributed by atoms with Gasteiger partial charge in [0.25, 0.3) is 5.91 Å². The maximum absolute atomic E-state index is 12.9. The van der Waals surface area contributed by atoms with E-state index in [0.29, 0.717) is 17.4 Å². The quantitative estimate of drug-likeness (QED) is 0.642. The van der Waals surface area contributed by atoms with Crippen molar-refractivity contribution in [3.8, 4) is 11.5 Å². The third-order valence-corrected chi connectivity index (χ3v) is 5.12. The molecule has 3 rings (SSSR count). The highest BCUT2D eigenvalue weighted by molar-refractivity contribution is 7.22. The molecule has 142 valence electrons. The Kier molecular flexibility index (Phi) is 6.26. The minimum Gasteiger partial charge on any atom is -0.497 e. The van der Waals surface area contributed by atoms with Crippen LogP contribution in [-0.4, -0.2) is 51.8 Å². The van der Waals surface area contributed by atoms with Crippen molar-refractivity contribution in [2.24, 2.45) is 0 Å². The molecular formula is C20H24N3O3S+. The number of aromatic nitrogens is 1. The van der Waals surface area contributed by atoms with Crippen LogP contribution < -0.4 is 19.3 Å². The summed E-state index contributed by atoms with van der Waals surface area (Å²) >= 11 is 1.50. The zero-order chi connectivity index (χ0) is 19.2. The molecule has 0 unspecified atom stereocenters. The number of nitrogens with zero attached hydrogens (tertiary/aromatic N) is 2. The Balaban J connectivity index is 1.80. The molecule has 0 aliphatic carbocycles. The van der Waals surface area contributed by atoms with Crippen LogP contribution in [0.4, 0.5) is 5.13 Å². The van der Waals surface area contributed by atoms with Gasteiger partial charge in [0.2, 0.25) is 0 Å². The largest absolute Gasteiger partial charge is 0.497 e. The molecule has 0 aliphatic rings. The van der Waals surface area contributed by atoms with Crippen LogP contribution in [-0.2, 0) is 4.79 Å². The predicted molar refractivity (Wildman–Crippen MR) is 108 cm³/mol. The van der Waals surface area contributed by atoms with Gasteiger partial charge in [0.05, 0.1) is 44.5 Å². The van der Waals surface area contributed by atoms with Crippen molar-refractivity contribution in [3.63, 3.8) is 0 Å². The molecule has 0 bridgehead atoms. The standard InChI is InChI=1S/C20H23N3O3S/c1-22(2)11-12-23(19(24)14-26-15-7-5-4-6-8-15)20-21-17-13-16(25-3)9-10-18(17)27-20/h4-10,13H,11-12,14H2,1-3H3/p+1. The lowest BCUT2D eigenvalue weighted by atomic mass is 10.3. The van der Waals surface area contributed by atoms with Crippen molar-refractivity contribution >= 4 is 32.6 Å². The van der Waals surface area contributed by atoms with Crippen LogP contribution in [0.2, 0.25) is 0 Å². The summed E-state index contributed by atoms with van der Waals surface area (Å²) in [6.07, 6.45) is 0. The second-order valence-electron chi connectivity index (χ2n) is 6.43. The molecule has 2 aromatic carbocycles. The molecule has 6 nitrogen and oxygen atoms in total. The van der Waals surface area contributed by atoms with Gasteiger partial charge in [-0.25, -0.2) is 4.98 Å². The summed E-state index contributed by atoms with van der Waals surface area (Å²) in [7, 11) is 5.75. The second kappa shape index (κ2) is 8.83. The SMILES string of the molecule is COc1ccc2sc(N(CC[NH+](C)C)C(=O)COc3ccccc3)nc2c1. The normalized spacial score (nSPS) is 11.0. The molecule has 0 saturated heterocycles. The first-order valence-electron chi connectivity index (χ1n) is 8.78. The molecule has 0 atom stereocenters. The van der Waals surface area contributed by atoms with Gasteiger partial charge >= 0.3 is 0 Å². The molecule has 27 heavy (non-hydrogen) atoms. The van der Waals surface area contributed by atoms with E-state index in [2.05, 4.69) is 19.1 Å². The summed E-state index contributed by atoms with van der Waals surface area (Å²) in [5, 5.41) is 0.682. The molecule has 0 aliphatic heterocycles. The lowest BCUT2D eigenvalue weighted by molar-refractivity contribution is -0.856. The molecule has 3 aromatic rings. The van der Waals surface area contributed by atoms with Gasteiger partial charge in [-0.1, -0.05) is 29.5 Å². The molecule has 1 heterocycles. The number of quaternary nitrogens is 1. The number of fused-ring (bicyclic) bond motifs is 1. The molecule has 1 aromatic heterocycles. The van der Waals surface area contributed by atoms with Crippen LogP contribution in [0.15, 0.2) is 48.5 Å². The van der Waals surface area contributed by atoms with Crippen molar-refractivity contribution in [1.29, 1.82) is 0 Å². The highest BCUT2D eigenvalue weighted by Gasteiger charge is 2.21. The highest BCUT2D eigenvalue weighted by atomic mass is 32.1. The number of para-hydroxylation sites is 1. The fraction of sp³-hybridized carbons (Fsp3) is 0.300. The lowest BCUT2D eigenvalue weighted by Gasteiger charge is -2.20. The van der Waals surface area contributed by atoms with Crippen LogP contribution in [0.5, 0.6) is 11.5 Å². The number of thiazole rings is 1. The second-order valence-corrected chi connectivity index (χ2v) is 7.44. The molecule has 0 fully saturated rings. The third kappa shape index (κ3) is 4.96. The van der Waals surface area contributed by atoms with Crippen LogP contribution in [0.3, 0.4) is 0 Å². The first-order valence-corrected chi connectivity index (χ1v) is 9.60. The molecular weight excluding hydrogens is 362 g/mol. The smallest absolute Gasteiger partial charge is 0.266 e. The zero-order valence-electron chi connectivity index (χ0n) is 15.8. The summed E-state index contributed by atoms with van der Waals surface area (Å²) in [6, 6.07) is 15.1. The van der Waals surface area contributed by atoms with Gasteiger partial charge in [-0.15, -0.1) is 0 Å². The Morgan fingerprint density at radius 3 is 2.63 bits per heavy atom. The van der Waals surface area contributed by atoms with Gasteiger partial charge in [-0.05, 0) is 24.3 Å². The van der Waals surface area contributed by atoms with Crippen molar-refractivity contribution in [2.75, 3.05) is 45.8 Å². The van der Waals surface area contributed by atoms with Gasteiger partial charge in [0.1, 0.15) is 11.5 Å². The van der Waals surface area contributed by atoms with Crippen LogP contribution in [0, 0.1) is 0 Å². The summed E-state index contributed by atoms with van der Waals surface area (Å²) in [4.78, 5) is 20.5. The number of rotatable bonds is 8. The fourth-order valence-electron chi connectivity index (χ4n) is 2.54. The Morgan fingerprint density at radius 1 is 1.15 bits per heavy atom. The Morgan fingerprint density at radius 2 is 1.93 bits per heavy atom. The summed E-state index contributed by atoms with van der Waals surface area (Å²) in [5.74, 6) is 1.33. The first kappa shape index (κ1) is 19.1. The van der Waals surface area contributed by atoms with Gasteiger partial charge < -0.3 is 14.4 Å². The Hall–Kier alpha value is -2.64.